The van der Waals surface area contributed by atoms with Crippen molar-refractivity contribution in [1.29, 1.82) is 0 Å². The number of ether oxygens (including phenoxy) is 1. The highest BCUT2D eigenvalue weighted by atomic mass is 16.6. The van der Waals surface area contributed by atoms with E-state index in [4.69, 9.17) is 4.74 Å². The topological polar surface area (TPSA) is 50.4 Å². The minimum atomic E-state index is -0.477. The van der Waals surface area contributed by atoms with Crippen LogP contribution in [-0.4, -0.2) is 24.8 Å². The molecule has 0 atom stereocenters. The molecule has 1 heterocycles. The lowest BCUT2D eigenvalue weighted by molar-refractivity contribution is 0.0426. The van der Waals surface area contributed by atoms with Crippen molar-refractivity contribution >= 4 is 6.09 Å². The quantitative estimate of drug-likeness (QED) is 0.873. The third kappa shape index (κ3) is 3.73. The minimum Gasteiger partial charge on any atom is -0.444 e. The van der Waals surface area contributed by atoms with Gasteiger partial charge in [0.1, 0.15) is 5.60 Å². The molecule has 110 valence electrons. The van der Waals surface area contributed by atoms with Gasteiger partial charge in [-0.2, -0.15) is 0 Å². The maximum absolute atomic E-state index is 12.2. The SMILES string of the molecule is CC(C)(C)OC(=O)NC1(c2ccccc2)CCNCC1. The molecule has 0 aromatic heterocycles. The number of nitrogens with one attached hydrogen (secondary N) is 2. The Kier molecular flexibility index (Phi) is 4.33. The summed E-state index contributed by atoms with van der Waals surface area (Å²) in [4.78, 5) is 12.2. The Bertz CT molecular complexity index is 445. The lowest BCUT2D eigenvalue weighted by Gasteiger charge is -2.39. The van der Waals surface area contributed by atoms with Crippen LogP contribution in [0.25, 0.3) is 0 Å². The predicted octanol–water partition coefficient (Wildman–Crippen LogP) is 2.79. The summed E-state index contributed by atoms with van der Waals surface area (Å²) in [5.74, 6) is 0. The monoisotopic (exact) mass is 276 g/mol. The van der Waals surface area contributed by atoms with E-state index < -0.39 is 5.60 Å². The Morgan fingerprint density at radius 3 is 2.35 bits per heavy atom. The zero-order valence-corrected chi connectivity index (χ0v) is 12.5. The molecule has 1 aromatic carbocycles. The largest absolute Gasteiger partial charge is 0.444 e. The first-order chi connectivity index (χ1) is 9.41. The Labute approximate surface area is 120 Å². The number of alkyl carbamates (subject to hydrolysis) is 1. The van der Waals surface area contributed by atoms with Gasteiger partial charge in [-0.15, -0.1) is 0 Å². The average molecular weight is 276 g/mol. The van der Waals surface area contributed by atoms with Crippen molar-refractivity contribution in [3.63, 3.8) is 0 Å². The predicted molar refractivity (Wildman–Crippen MR) is 79.6 cm³/mol. The van der Waals surface area contributed by atoms with Crippen LogP contribution in [0.2, 0.25) is 0 Å². The Balaban J connectivity index is 2.18. The normalized spacial score (nSPS) is 18.4. The summed E-state index contributed by atoms with van der Waals surface area (Å²) in [5.41, 5.74) is 0.344. The zero-order chi connectivity index (χ0) is 14.6. The summed E-state index contributed by atoms with van der Waals surface area (Å²) >= 11 is 0. The van der Waals surface area contributed by atoms with E-state index >= 15 is 0 Å². The van der Waals surface area contributed by atoms with Crippen molar-refractivity contribution in [3.05, 3.63) is 35.9 Å². The van der Waals surface area contributed by atoms with Crippen LogP contribution in [-0.2, 0) is 10.3 Å². The number of rotatable bonds is 2. The molecule has 1 fully saturated rings. The van der Waals surface area contributed by atoms with E-state index in [1.54, 1.807) is 0 Å². The number of carbonyl (C=O) groups excluding carboxylic acids is 1. The van der Waals surface area contributed by atoms with Gasteiger partial charge in [0.05, 0.1) is 5.54 Å². The summed E-state index contributed by atoms with van der Waals surface area (Å²) < 4.78 is 5.42. The van der Waals surface area contributed by atoms with Gasteiger partial charge >= 0.3 is 6.09 Å². The molecule has 2 N–H and O–H groups in total. The first-order valence-electron chi connectivity index (χ1n) is 7.19. The van der Waals surface area contributed by atoms with Gasteiger partial charge in [-0.05, 0) is 52.3 Å². The van der Waals surface area contributed by atoms with Gasteiger partial charge in [-0.3, -0.25) is 0 Å². The molecule has 0 bridgehead atoms. The molecule has 0 radical (unpaired) electrons. The van der Waals surface area contributed by atoms with Crippen molar-refractivity contribution in [1.82, 2.24) is 10.6 Å². The van der Waals surface area contributed by atoms with E-state index in [1.165, 1.54) is 0 Å². The van der Waals surface area contributed by atoms with Crippen molar-refractivity contribution in [2.24, 2.45) is 0 Å². The molecule has 1 aliphatic rings. The highest BCUT2D eigenvalue weighted by Crippen LogP contribution is 2.31. The maximum atomic E-state index is 12.2. The number of benzene rings is 1. The first-order valence-corrected chi connectivity index (χ1v) is 7.19. The summed E-state index contributed by atoms with van der Waals surface area (Å²) in [7, 11) is 0. The van der Waals surface area contributed by atoms with Gasteiger partial charge in [0.25, 0.3) is 0 Å². The maximum Gasteiger partial charge on any atom is 0.408 e. The molecular weight excluding hydrogens is 252 g/mol. The first kappa shape index (κ1) is 14.9. The fraction of sp³-hybridized carbons (Fsp3) is 0.562. The third-order valence-electron chi connectivity index (χ3n) is 3.52. The average Bonchev–Trinajstić information content (AvgIpc) is 2.38. The molecule has 1 amide bonds. The lowest BCUT2D eigenvalue weighted by atomic mass is 9.81. The van der Waals surface area contributed by atoms with Gasteiger partial charge in [-0.1, -0.05) is 30.3 Å². The summed E-state index contributed by atoms with van der Waals surface area (Å²) in [6.45, 7) is 7.42. The molecule has 0 aliphatic carbocycles. The molecule has 2 rings (SSSR count). The van der Waals surface area contributed by atoms with E-state index in [0.29, 0.717) is 0 Å². The highest BCUT2D eigenvalue weighted by Gasteiger charge is 2.36. The zero-order valence-electron chi connectivity index (χ0n) is 12.5. The van der Waals surface area contributed by atoms with Gasteiger partial charge in [0.15, 0.2) is 0 Å². The van der Waals surface area contributed by atoms with Crippen molar-refractivity contribution in [3.8, 4) is 0 Å². The van der Waals surface area contributed by atoms with Gasteiger partial charge < -0.3 is 15.4 Å². The second kappa shape index (κ2) is 5.83. The van der Waals surface area contributed by atoms with E-state index in [1.807, 2.05) is 39.0 Å². The highest BCUT2D eigenvalue weighted by molar-refractivity contribution is 5.69. The van der Waals surface area contributed by atoms with Crippen LogP contribution in [0.4, 0.5) is 4.79 Å². The van der Waals surface area contributed by atoms with Crippen LogP contribution in [0.5, 0.6) is 0 Å². The Hall–Kier alpha value is -1.55. The van der Waals surface area contributed by atoms with Crippen LogP contribution in [0.3, 0.4) is 0 Å². The van der Waals surface area contributed by atoms with E-state index in [9.17, 15) is 4.79 Å². The minimum absolute atomic E-state index is 0.325. The molecule has 4 heteroatoms. The van der Waals surface area contributed by atoms with E-state index in [-0.39, 0.29) is 11.6 Å². The standard InChI is InChI=1S/C16H24N2O2/c1-15(2,3)20-14(19)18-16(9-11-17-12-10-16)13-7-5-4-6-8-13/h4-8,17H,9-12H2,1-3H3,(H,18,19). The fourth-order valence-corrected chi connectivity index (χ4v) is 2.60. The second-order valence-electron chi connectivity index (χ2n) is 6.33. The number of amides is 1. The lowest BCUT2D eigenvalue weighted by Crippen LogP contribution is -2.53. The molecule has 0 saturated carbocycles. The van der Waals surface area contributed by atoms with Gasteiger partial charge in [0.2, 0.25) is 0 Å². The molecule has 1 aliphatic heterocycles. The molecule has 1 aromatic rings. The van der Waals surface area contributed by atoms with Crippen LogP contribution in [0.15, 0.2) is 30.3 Å². The molecule has 20 heavy (non-hydrogen) atoms. The Morgan fingerprint density at radius 1 is 1.20 bits per heavy atom. The summed E-state index contributed by atoms with van der Waals surface area (Å²) in [6.07, 6.45) is 1.40. The third-order valence-corrected chi connectivity index (χ3v) is 3.52. The number of hydrogen-bond acceptors (Lipinski definition) is 3. The van der Waals surface area contributed by atoms with Crippen molar-refractivity contribution < 1.29 is 9.53 Å². The van der Waals surface area contributed by atoms with Crippen LogP contribution in [0.1, 0.15) is 39.2 Å². The van der Waals surface area contributed by atoms with Gasteiger partial charge in [0, 0.05) is 0 Å². The Morgan fingerprint density at radius 2 is 1.80 bits per heavy atom. The van der Waals surface area contributed by atoms with E-state index in [2.05, 4.69) is 22.8 Å². The van der Waals surface area contributed by atoms with Crippen molar-refractivity contribution in [2.75, 3.05) is 13.1 Å². The molecule has 4 nitrogen and oxygen atoms in total. The van der Waals surface area contributed by atoms with Crippen LogP contribution in [0, 0.1) is 0 Å². The summed E-state index contributed by atoms with van der Waals surface area (Å²) in [5, 5.41) is 6.44. The van der Waals surface area contributed by atoms with Crippen LogP contribution < -0.4 is 10.6 Å². The van der Waals surface area contributed by atoms with E-state index in [0.717, 1.165) is 31.5 Å². The fourth-order valence-electron chi connectivity index (χ4n) is 2.60. The number of carbonyl (C=O) groups is 1. The molecule has 1 saturated heterocycles. The number of hydrogen-bond donors (Lipinski definition) is 2. The molecule has 0 spiro atoms. The number of piperidine rings is 1. The molecular formula is C16H24N2O2. The second-order valence-corrected chi connectivity index (χ2v) is 6.33. The van der Waals surface area contributed by atoms with Crippen molar-refractivity contribution in [2.45, 2.75) is 44.8 Å². The molecule has 0 unspecified atom stereocenters. The van der Waals surface area contributed by atoms with Crippen LogP contribution >= 0.6 is 0 Å². The van der Waals surface area contributed by atoms with Gasteiger partial charge in [-0.25, -0.2) is 4.79 Å². The smallest absolute Gasteiger partial charge is 0.408 e. The summed E-state index contributed by atoms with van der Waals surface area (Å²) in [6, 6.07) is 10.2.